The van der Waals surface area contributed by atoms with Gasteiger partial charge >= 0.3 is 6.03 Å². The predicted molar refractivity (Wildman–Crippen MR) is 130 cm³/mol. The minimum atomic E-state index is -0.813. The lowest BCUT2D eigenvalue weighted by atomic mass is 10.1. The topological polar surface area (TPSA) is 105 Å². The second-order valence-electron chi connectivity index (χ2n) is 7.21. The number of rotatable bonds is 6. The summed E-state index contributed by atoms with van der Waals surface area (Å²) in [4.78, 5) is 50.4. The highest BCUT2D eigenvalue weighted by molar-refractivity contribution is 9.10. The van der Waals surface area contributed by atoms with E-state index in [1.165, 1.54) is 6.08 Å². The number of nitrogens with one attached hydrogen (secondary N) is 2. The molecule has 3 aromatic rings. The van der Waals surface area contributed by atoms with Crippen molar-refractivity contribution in [2.75, 3.05) is 16.8 Å². The van der Waals surface area contributed by atoms with E-state index in [1.54, 1.807) is 60.7 Å². The highest BCUT2D eigenvalue weighted by Crippen LogP contribution is 2.24. The van der Waals surface area contributed by atoms with E-state index in [2.05, 4.69) is 26.6 Å². The number of nitrogens with zero attached hydrogens (tertiary/aromatic N) is 1. The van der Waals surface area contributed by atoms with Crippen LogP contribution in [0.5, 0.6) is 5.75 Å². The third kappa shape index (κ3) is 5.38. The fraction of sp³-hybridized carbons (Fsp3) is 0.0400. The van der Waals surface area contributed by atoms with E-state index in [-0.39, 0.29) is 18.1 Å². The minimum absolute atomic E-state index is 0.180. The number of hydrogen-bond acceptors (Lipinski definition) is 5. The molecule has 8 nitrogen and oxygen atoms in total. The number of carbonyl (C=O) groups is 4. The predicted octanol–water partition coefficient (Wildman–Crippen LogP) is 4.13. The number of halogens is 1. The highest BCUT2D eigenvalue weighted by atomic mass is 79.9. The molecule has 0 atom stereocenters. The zero-order valence-electron chi connectivity index (χ0n) is 17.7. The van der Waals surface area contributed by atoms with Crippen molar-refractivity contribution in [2.45, 2.75) is 0 Å². The van der Waals surface area contributed by atoms with Gasteiger partial charge < -0.3 is 10.1 Å². The number of urea groups is 1. The zero-order valence-corrected chi connectivity index (χ0v) is 19.2. The number of anilines is 2. The summed E-state index contributed by atoms with van der Waals surface area (Å²) in [6, 6.07) is 21.3. The molecule has 9 heteroatoms. The van der Waals surface area contributed by atoms with Gasteiger partial charge in [-0.2, -0.15) is 0 Å². The van der Waals surface area contributed by atoms with Gasteiger partial charge in [0.05, 0.1) is 5.69 Å². The maximum atomic E-state index is 12.9. The summed E-state index contributed by atoms with van der Waals surface area (Å²) >= 11 is 3.30. The van der Waals surface area contributed by atoms with Crippen LogP contribution in [-0.4, -0.2) is 30.4 Å². The summed E-state index contributed by atoms with van der Waals surface area (Å²) in [7, 11) is 0. The molecule has 1 heterocycles. The SMILES string of the molecule is O=C(COc1ccc(/C=C2\C(=O)NC(=O)N(c3ccc(Br)cc3)C2=O)cc1)Nc1ccccc1. The molecule has 0 radical (unpaired) electrons. The fourth-order valence-electron chi connectivity index (χ4n) is 3.18. The second kappa shape index (κ2) is 10.1. The molecule has 0 aliphatic carbocycles. The van der Waals surface area contributed by atoms with Crippen molar-refractivity contribution in [3.05, 3.63) is 94.5 Å². The van der Waals surface area contributed by atoms with Gasteiger partial charge in [-0.1, -0.05) is 46.3 Å². The first-order valence-electron chi connectivity index (χ1n) is 10.2. The molecule has 0 spiro atoms. The lowest BCUT2D eigenvalue weighted by Gasteiger charge is -2.26. The Kier molecular flexibility index (Phi) is 6.84. The summed E-state index contributed by atoms with van der Waals surface area (Å²) in [6.07, 6.45) is 1.39. The van der Waals surface area contributed by atoms with Crippen LogP contribution >= 0.6 is 15.9 Å². The number of hydrogen-bond donors (Lipinski definition) is 2. The van der Waals surface area contributed by atoms with Crippen LogP contribution in [0.25, 0.3) is 6.08 Å². The highest BCUT2D eigenvalue weighted by Gasteiger charge is 2.36. The third-order valence-corrected chi connectivity index (χ3v) is 5.33. The zero-order chi connectivity index (χ0) is 24.1. The van der Waals surface area contributed by atoms with E-state index in [1.807, 2.05) is 18.2 Å². The molecule has 3 aromatic carbocycles. The number of carbonyl (C=O) groups excluding carboxylic acids is 4. The molecule has 170 valence electrons. The normalized spacial score (nSPS) is 14.7. The lowest BCUT2D eigenvalue weighted by molar-refractivity contribution is -0.122. The summed E-state index contributed by atoms with van der Waals surface area (Å²) in [5.74, 6) is -1.37. The van der Waals surface area contributed by atoms with E-state index in [0.717, 1.165) is 9.37 Å². The van der Waals surface area contributed by atoms with Crippen molar-refractivity contribution in [1.82, 2.24) is 5.32 Å². The number of amides is 5. The molecular formula is C25H18BrN3O5. The molecule has 0 aromatic heterocycles. The number of ether oxygens (including phenoxy) is 1. The van der Waals surface area contributed by atoms with Crippen LogP contribution in [0.1, 0.15) is 5.56 Å². The largest absolute Gasteiger partial charge is 0.484 e. The van der Waals surface area contributed by atoms with E-state index >= 15 is 0 Å². The molecule has 0 saturated carbocycles. The van der Waals surface area contributed by atoms with Crippen LogP contribution in [-0.2, 0) is 14.4 Å². The first-order chi connectivity index (χ1) is 16.4. The summed E-state index contributed by atoms with van der Waals surface area (Å²) < 4.78 is 6.28. The lowest BCUT2D eigenvalue weighted by Crippen LogP contribution is -2.54. The molecule has 1 aliphatic rings. The Morgan fingerprint density at radius 1 is 0.941 bits per heavy atom. The molecule has 1 aliphatic heterocycles. The number of benzene rings is 3. The summed E-state index contributed by atoms with van der Waals surface area (Å²) in [5, 5.41) is 4.91. The smallest absolute Gasteiger partial charge is 0.335 e. The third-order valence-electron chi connectivity index (χ3n) is 4.81. The van der Waals surface area contributed by atoms with Gasteiger partial charge in [0.1, 0.15) is 11.3 Å². The van der Waals surface area contributed by atoms with E-state index in [9.17, 15) is 19.2 Å². The van der Waals surface area contributed by atoms with Crippen LogP contribution < -0.4 is 20.3 Å². The molecular weight excluding hydrogens is 502 g/mol. The summed E-state index contributed by atoms with van der Waals surface area (Å²) in [6.45, 7) is -0.180. The number of para-hydroxylation sites is 1. The molecule has 1 fully saturated rings. The molecule has 1 saturated heterocycles. The van der Waals surface area contributed by atoms with E-state index < -0.39 is 17.8 Å². The Hall–Kier alpha value is -4.24. The van der Waals surface area contributed by atoms with Crippen molar-refractivity contribution in [2.24, 2.45) is 0 Å². The molecule has 34 heavy (non-hydrogen) atoms. The molecule has 0 unspecified atom stereocenters. The van der Waals surface area contributed by atoms with Crippen molar-refractivity contribution < 1.29 is 23.9 Å². The van der Waals surface area contributed by atoms with Crippen LogP contribution in [0.2, 0.25) is 0 Å². The Bertz CT molecular complexity index is 1270. The van der Waals surface area contributed by atoms with Crippen LogP contribution in [0.15, 0.2) is 88.9 Å². The average Bonchev–Trinajstić information content (AvgIpc) is 2.83. The maximum absolute atomic E-state index is 12.9. The minimum Gasteiger partial charge on any atom is -0.484 e. The molecule has 2 N–H and O–H groups in total. The van der Waals surface area contributed by atoms with Crippen LogP contribution in [0.3, 0.4) is 0 Å². The first kappa shape index (κ1) is 22.9. The van der Waals surface area contributed by atoms with Gasteiger partial charge in [-0.3, -0.25) is 19.7 Å². The van der Waals surface area contributed by atoms with E-state index in [0.29, 0.717) is 22.7 Å². The van der Waals surface area contributed by atoms with Gasteiger partial charge in [-0.05, 0) is 60.2 Å². The Morgan fingerprint density at radius 2 is 1.62 bits per heavy atom. The van der Waals surface area contributed by atoms with Gasteiger partial charge in [-0.25, -0.2) is 9.69 Å². The molecule has 4 rings (SSSR count). The van der Waals surface area contributed by atoms with Crippen LogP contribution in [0, 0.1) is 0 Å². The van der Waals surface area contributed by atoms with E-state index in [4.69, 9.17) is 4.74 Å². The Morgan fingerprint density at radius 3 is 2.29 bits per heavy atom. The Labute approximate surface area is 203 Å². The molecule has 5 amide bonds. The van der Waals surface area contributed by atoms with Gasteiger partial charge in [0.15, 0.2) is 6.61 Å². The Balaban J connectivity index is 1.44. The quantitative estimate of drug-likeness (QED) is 0.376. The van der Waals surface area contributed by atoms with Crippen LogP contribution in [0.4, 0.5) is 16.2 Å². The number of imide groups is 2. The van der Waals surface area contributed by atoms with Crippen molar-refractivity contribution in [3.8, 4) is 5.75 Å². The van der Waals surface area contributed by atoms with Crippen molar-refractivity contribution in [1.29, 1.82) is 0 Å². The van der Waals surface area contributed by atoms with Gasteiger partial charge in [0, 0.05) is 10.2 Å². The molecule has 0 bridgehead atoms. The standard InChI is InChI=1S/C25H18BrN3O5/c26-17-8-10-19(11-9-17)29-24(32)21(23(31)28-25(29)33)14-16-6-12-20(13-7-16)34-15-22(30)27-18-4-2-1-3-5-18/h1-14H,15H2,(H,27,30)(H,28,31,33)/b21-14+. The van der Waals surface area contributed by atoms with Crippen molar-refractivity contribution >= 4 is 57.1 Å². The summed E-state index contributed by atoms with van der Waals surface area (Å²) in [5.41, 5.74) is 1.37. The van der Waals surface area contributed by atoms with Crippen molar-refractivity contribution in [3.63, 3.8) is 0 Å². The fourth-order valence-corrected chi connectivity index (χ4v) is 3.44. The maximum Gasteiger partial charge on any atom is 0.335 e. The van der Waals surface area contributed by atoms with Gasteiger partial charge in [-0.15, -0.1) is 0 Å². The van der Waals surface area contributed by atoms with Gasteiger partial charge in [0.25, 0.3) is 17.7 Å². The number of barbiturate groups is 1. The average molecular weight is 520 g/mol. The first-order valence-corrected chi connectivity index (χ1v) is 10.9. The second-order valence-corrected chi connectivity index (χ2v) is 8.12. The monoisotopic (exact) mass is 519 g/mol. The van der Waals surface area contributed by atoms with Gasteiger partial charge in [0.2, 0.25) is 0 Å².